The Bertz CT molecular complexity index is 697. The number of halogens is 9. The second-order valence-electron chi connectivity index (χ2n) is 9.83. The maximum atomic E-state index is 13.4. The van der Waals surface area contributed by atoms with E-state index in [0.29, 0.717) is 0 Å². The normalized spacial score (nSPS) is 29.2. The van der Waals surface area contributed by atoms with Gasteiger partial charge in [0.1, 0.15) is 5.60 Å². The molecule has 2 saturated carbocycles. The van der Waals surface area contributed by atoms with E-state index in [4.69, 9.17) is 4.74 Å². The van der Waals surface area contributed by atoms with Crippen molar-refractivity contribution in [3.8, 4) is 0 Å². The van der Waals surface area contributed by atoms with Gasteiger partial charge in [0.15, 0.2) is 5.41 Å². The molecule has 0 aromatic carbocycles. The van der Waals surface area contributed by atoms with Gasteiger partial charge in [-0.3, -0.25) is 4.79 Å². The minimum atomic E-state index is -5.90. The van der Waals surface area contributed by atoms with Crippen molar-refractivity contribution in [2.75, 3.05) is 0 Å². The van der Waals surface area contributed by atoms with Crippen molar-refractivity contribution in [3.05, 3.63) is 0 Å². The predicted octanol–water partition coefficient (Wildman–Crippen LogP) is 6.19. The monoisotopic (exact) mass is 486 g/mol. The number of hydrogen-bond acceptors (Lipinski definition) is 3. The average Bonchev–Trinajstić information content (AvgIpc) is 3.18. The third-order valence-corrected chi connectivity index (χ3v) is 7.53. The molecule has 2 rings (SSSR count). The summed E-state index contributed by atoms with van der Waals surface area (Å²) in [6, 6.07) is 0. The lowest BCUT2D eigenvalue weighted by atomic mass is 9.71. The average molecular weight is 486 g/mol. The van der Waals surface area contributed by atoms with Gasteiger partial charge in [0.25, 0.3) is 5.60 Å². The molecule has 0 amide bonds. The fourth-order valence-electron chi connectivity index (χ4n) is 5.16. The summed E-state index contributed by atoms with van der Waals surface area (Å²) in [5.41, 5.74) is -8.96. The van der Waals surface area contributed by atoms with E-state index in [2.05, 4.69) is 0 Å². The molecule has 2 aliphatic rings. The maximum Gasteiger partial charge on any atom is 0.426 e. The Balaban J connectivity index is 2.14. The number of carbonyl (C=O) groups excluding carboxylic acids is 1. The van der Waals surface area contributed by atoms with E-state index in [1.807, 2.05) is 0 Å². The number of alkyl halides is 9. The second kappa shape index (κ2) is 7.94. The van der Waals surface area contributed by atoms with Gasteiger partial charge < -0.3 is 9.84 Å². The molecular formula is C20H27F9O3. The molecule has 32 heavy (non-hydrogen) atoms. The Labute approximate surface area is 179 Å². The highest BCUT2D eigenvalue weighted by molar-refractivity contribution is 5.77. The minimum Gasteiger partial charge on any atom is -0.459 e. The first-order valence-corrected chi connectivity index (χ1v) is 10.3. The summed E-state index contributed by atoms with van der Waals surface area (Å²) in [6.45, 7) is 4.71. The van der Waals surface area contributed by atoms with Crippen LogP contribution < -0.4 is 0 Å². The SMILES string of the molecule is CCC(C)(C(=O)OC(C)(C)C1CC2CC1CC2CC(O)(C(F)(F)F)C(F)(F)F)C(F)(F)F. The van der Waals surface area contributed by atoms with Crippen LogP contribution >= 0.6 is 0 Å². The molecule has 5 atom stereocenters. The molecule has 5 unspecified atom stereocenters. The Morgan fingerprint density at radius 3 is 1.69 bits per heavy atom. The molecular weight excluding hydrogens is 459 g/mol. The molecule has 0 aliphatic heterocycles. The Morgan fingerprint density at radius 1 is 0.844 bits per heavy atom. The molecule has 2 bridgehead atoms. The van der Waals surface area contributed by atoms with Crippen molar-refractivity contribution in [3.63, 3.8) is 0 Å². The van der Waals surface area contributed by atoms with Crippen LogP contribution in [0.5, 0.6) is 0 Å². The smallest absolute Gasteiger partial charge is 0.426 e. The van der Waals surface area contributed by atoms with E-state index < -0.39 is 77.6 Å². The molecule has 1 N–H and O–H groups in total. The predicted molar refractivity (Wildman–Crippen MR) is 94.1 cm³/mol. The number of esters is 1. The van der Waals surface area contributed by atoms with Gasteiger partial charge in [-0.25, -0.2) is 0 Å². The Hall–Kier alpha value is -1.20. The lowest BCUT2D eigenvalue weighted by Gasteiger charge is -2.42. The molecule has 0 aromatic heterocycles. The molecule has 3 nitrogen and oxygen atoms in total. The number of rotatable bonds is 6. The summed E-state index contributed by atoms with van der Waals surface area (Å²) in [5.74, 6) is -4.09. The lowest BCUT2D eigenvalue weighted by Crippen LogP contribution is -2.58. The van der Waals surface area contributed by atoms with E-state index in [1.54, 1.807) is 0 Å². The number of carbonyl (C=O) groups is 1. The summed E-state index contributed by atoms with van der Waals surface area (Å²) in [4.78, 5) is 12.4. The summed E-state index contributed by atoms with van der Waals surface area (Å²) < 4.78 is 123. The quantitative estimate of drug-likeness (QED) is 0.360. The van der Waals surface area contributed by atoms with Crippen LogP contribution in [0.3, 0.4) is 0 Å². The molecule has 0 radical (unpaired) electrons. The van der Waals surface area contributed by atoms with Crippen LogP contribution in [0.4, 0.5) is 39.5 Å². The fourth-order valence-corrected chi connectivity index (χ4v) is 5.16. The number of fused-ring (bicyclic) bond motifs is 2. The summed E-state index contributed by atoms with van der Waals surface area (Å²) >= 11 is 0. The summed E-state index contributed by atoms with van der Waals surface area (Å²) in [7, 11) is 0. The van der Waals surface area contributed by atoms with Crippen molar-refractivity contribution in [2.45, 2.75) is 89.5 Å². The van der Waals surface area contributed by atoms with E-state index in [9.17, 15) is 49.4 Å². The van der Waals surface area contributed by atoms with Gasteiger partial charge in [-0.05, 0) is 70.6 Å². The van der Waals surface area contributed by atoms with Gasteiger partial charge in [-0.15, -0.1) is 0 Å². The van der Waals surface area contributed by atoms with Crippen LogP contribution in [0, 0.1) is 29.1 Å². The van der Waals surface area contributed by atoms with E-state index in [-0.39, 0.29) is 19.3 Å². The van der Waals surface area contributed by atoms with Gasteiger partial charge in [0.05, 0.1) is 0 Å². The van der Waals surface area contributed by atoms with E-state index in [1.165, 1.54) is 20.8 Å². The zero-order valence-corrected chi connectivity index (χ0v) is 18.0. The van der Waals surface area contributed by atoms with Crippen LogP contribution in [-0.2, 0) is 9.53 Å². The van der Waals surface area contributed by atoms with Crippen molar-refractivity contribution in [1.29, 1.82) is 0 Å². The first-order valence-electron chi connectivity index (χ1n) is 10.3. The first-order chi connectivity index (χ1) is 14.1. The lowest BCUT2D eigenvalue weighted by molar-refractivity contribution is -0.373. The molecule has 2 aliphatic carbocycles. The number of ether oxygens (including phenoxy) is 1. The molecule has 188 valence electrons. The van der Waals surface area contributed by atoms with Crippen LogP contribution in [0.1, 0.15) is 59.8 Å². The molecule has 0 aromatic rings. The highest BCUT2D eigenvalue weighted by Gasteiger charge is 2.71. The Morgan fingerprint density at radius 2 is 1.34 bits per heavy atom. The van der Waals surface area contributed by atoms with Gasteiger partial charge in [-0.2, -0.15) is 39.5 Å². The van der Waals surface area contributed by atoms with Gasteiger partial charge in [-0.1, -0.05) is 6.92 Å². The fraction of sp³-hybridized carbons (Fsp3) is 0.950. The van der Waals surface area contributed by atoms with E-state index in [0.717, 1.165) is 6.92 Å². The van der Waals surface area contributed by atoms with Gasteiger partial charge >= 0.3 is 24.5 Å². The summed E-state index contributed by atoms with van der Waals surface area (Å²) in [6.07, 6.45) is -18.5. The van der Waals surface area contributed by atoms with Gasteiger partial charge in [0, 0.05) is 5.92 Å². The van der Waals surface area contributed by atoms with Crippen LogP contribution in [0.25, 0.3) is 0 Å². The third kappa shape index (κ3) is 4.44. The van der Waals surface area contributed by atoms with Crippen molar-refractivity contribution < 1.29 is 54.2 Å². The van der Waals surface area contributed by atoms with E-state index >= 15 is 0 Å². The molecule has 0 saturated heterocycles. The minimum absolute atomic E-state index is 0.0743. The number of hydrogen-bond donors (Lipinski definition) is 1. The van der Waals surface area contributed by atoms with Gasteiger partial charge in [0.2, 0.25) is 0 Å². The zero-order valence-electron chi connectivity index (χ0n) is 18.0. The van der Waals surface area contributed by atoms with Crippen LogP contribution in [0.15, 0.2) is 0 Å². The standard InChI is InChI=1S/C20H27F9O3/c1-5-16(4,18(21,22)23)14(30)32-15(2,3)13-8-10-6-11(13)7-12(10)9-17(31,19(24,25)26)20(27,28)29/h10-13,31H,5-9H2,1-4H3. The zero-order chi connectivity index (χ0) is 25.1. The first kappa shape index (κ1) is 27.0. The largest absolute Gasteiger partial charge is 0.459 e. The molecule has 0 spiro atoms. The topological polar surface area (TPSA) is 46.5 Å². The van der Waals surface area contributed by atoms with Crippen molar-refractivity contribution >= 4 is 5.97 Å². The highest BCUT2D eigenvalue weighted by Crippen LogP contribution is 2.60. The molecule has 12 heteroatoms. The number of aliphatic hydroxyl groups is 1. The van der Waals surface area contributed by atoms with Crippen LogP contribution in [-0.4, -0.2) is 40.8 Å². The van der Waals surface area contributed by atoms with Crippen molar-refractivity contribution in [2.24, 2.45) is 29.1 Å². The maximum absolute atomic E-state index is 13.4. The second-order valence-corrected chi connectivity index (χ2v) is 9.83. The third-order valence-electron chi connectivity index (χ3n) is 7.53. The van der Waals surface area contributed by atoms with Crippen molar-refractivity contribution in [1.82, 2.24) is 0 Å². The Kier molecular flexibility index (Phi) is 6.71. The van der Waals surface area contributed by atoms with Crippen LogP contribution in [0.2, 0.25) is 0 Å². The highest BCUT2D eigenvalue weighted by atomic mass is 19.4. The molecule has 0 heterocycles. The molecule has 2 fully saturated rings. The summed E-state index contributed by atoms with van der Waals surface area (Å²) in [5, 5.41) is 9.48.